The van der Waals surface area contributed by atoms with Crippen LogP contribution in [0.15, 0.2) is 53.4 Å². The summed E-state index contributed by atoms with van der Waals surface area (Å²) in [5, 5.41) is 0.777. The van der Waals surface area contributed by atoms with Gasteiger partial charge in [0.1, 0.15) is 0 Å². The van der Waals surface area contributed by atoms with E-state index in [1.165, 1.54) is 24.3 Å². The van der Waals surface area contributed by atoms with Crippen molar-refractivity contribution < 1.29 is 22.7 Å². The number of para-hydroxylation sites is 1. The lowest BCUT2D eigenvalue weighted by Crippen LogP contribution is -2.23. The number of nitrogens with one attached hydrogen (secondary N) is 2. The van der Waals surface area contributed by atoms with Crippen LogP contribution in [-0.4, -0.2) is 38.3 Å². The zero-order valence-electron chi connectivity index (χ0n) is 15.5. The molecule has 28 heavy (non-hydrogen) atoms. The molecule has 0 aliphatic heterocycles. The summed E-state index contributed by atoms with van der Waals surface area (Å²) in [6, 6.07) is 12.8. The lowest BCUT2D eigenvalue weighted by atomic mass is 10.1. The van der Waals surface area contributed by atoms with Gasteiger partial charge in [0.25, 0.3) is 0 Å². The number of aryl methyl sites for hydroxylation is 1. The number of carbonyl (C=O) groups excluding carboxylic acids is 2. The number of Topliss-reactive ketones (excluding diaryl/α,β-unsaturated/α-hetero) is 1. The van der Waals surface area contributed by atoms with E-state index >= 15 is 0 Å². The van der Waals surface area contributed by atoms with Crippen LogP contribution in [0.5, 0.6) is 0 Å². The van der Waals surface area contributed by atoms with Gasteiger partial charge in [0.15, 0.2) is 6.61 Å². The monoisotopic (exact) mass is 400 g/mol. The van der Waals surface area contributed by atoms with Crippen LogP contribution in [0.25, 0.3) is 10.9 Å². The Hall–Kier alpha value is -2.97. The molecule has 0 bridgehead atoms. The third kappa shape index (κ3) is 3.97. The Morgan fingerprint density at radius 3 is 2.43 bits per heavy atom. The molecule has 0 atom stereocenters. The van der Waals surface area contributed by atoms with Gasteiger partial charge in [0, 0.05) is 28.7 Å². The van der Waals surface area contributed by atoms with Crippen molar-refractivity contribution in [1.29, 1.82) is 0 Å². The third-order valence-electron chi connectivity index (χ3n) is 4.24. The van der Waals surface area contributed by atoms with Crippen molar-refractivity contribution in [3.8, 4) is 0 Å². The number of hydrogen-bond donors (Lipinski definition) is 2. The molecule has 3 aromatic rings. The standard InChI is InChI=1S/C20H20N2O5S/c1-3-21-28(25,26)15-10-8-14(9-11-15)20(24)27-12-18(23)19-13(2)22-17-7-5-4-6-16(17)19/h4-11,21-22H,3,12H2,1-2H3. The maximum Gasteiger partial charge on any atom is 0.338 e. The molecule has 0 spiro atoms. The van der Waals surface area contributed by atoms with Gasteiger partial charge in [-0.1, -0.05) is 25.1 Å². The quantitative estimate of drug-likeness (QED) is 0.469. The number of fused-ring (bicyclic) bond motifs is 1. The maximum atomic E-state index is 12.5. The fourth-order valence-electron chi connectivity index (χ4n) is 2.97. The van der Waals surface area contributed by atoms with Gasteiger partial charge in [0.05, 0.1) is 10.5 Å². The van der Waals surface area contributed by atoms with Crippen molar-refractivity contribution in [2.75, 3.05) is 13.2 Å². The predicted molar refractivity (Wildman–Crippen MR) is 105 cm³/mol. The van der Waals surface area contributed by atoms with Gasteiger partial charge in [-0.2, -0.15) is 0 Å². The summed E-state index contributed by atoms with van der Waals surface area (Å²) in [5.74, 6) is -1.01. The van der Waals surface area contributed by atoms with Crippen LogP contribution in [0.3, 0.4) is 0 Å². The van der Waals surface area contributed by atoms with Gasteiger partial charge in [-0.15, -0.1) is 0 Å². The average molecular weight is 400 g/mol. The SMILES string of the molecule is CCNS(=O)(=O)c1ccc(C(=O)OCC(=O)c2c(C)[nH]c3ccccc23)cc1. The molecular formula is C20H20N2O5S. The highest BCUT2D eigenvalue weighted by atomic mass is 32.2. The first-order valence-corrected chi connectivity index (χ1v) is 10.2. The van der Waals surface area contributed by atoms with Gasteiger partial charge in [0.2, 0.25) is 15.8 Å². The molecule has 2 aromatic carbocycles. The highest BCUT2D eigenvalue weighted by Crippen LogP contribution is 2.22. The van der Waals surface area contributed by atoms with Crippen molar-refractivity contribution in [2.45, 2.75) is 18.7 Å². The summed E-state index contributed by atoms with van der Waals surface area (Å²) in [6.45, 7) is 3.33. The second-order valence-corrected chi connectivity index (χ2v) is 7.96. The first-order valence-electron chi connectivity index (χ1n) is 8.71. The number of esters is 1. The largest absolute Gasteiger partial charge is 0.454 e. The molecule has 2 N–H and O–H groups in total. The summed E-state index contributed by atoms with van der Waals surface area (Å²) < 4.78 is 31.3. The molecule has 0 aliphatic rings. The first kappa shape index (κ1) is 19.8. The van der Waals surface area contributed by atoms with Crippen LogP contribution < -0.4 is 4.72 Å². The summed E-state index contributed by atoms with van der Waals surface area (Å²) in [5.41, 5.74) is 2.21. The summed E-state index contributed by atoms with van der Waals surface area (Å²) >= 11 is 0. The van der Waals surface area contributed by atoms with Crippen molar-refractivity contribution in [1.82, 2.24) is 9.71 Å². The molecular weight excluding hydrogens is 380 g/mol. The Balaban J connectivity index is 1.70. The van der Waals surface area contributed by atoms with Crippen LogP contribution in [0.4, 0.5) is 0 Å². The van der Waals surface area contributed by atoms with Crippen molar-refractivity contribution in [3.63, 3.8) is 0 Å². The third-order valence-corrected chi connectivity index (χ3v) is 5.80. The molecule has 0 radical (unpaired) electrons. The van der Waals surface area contributed by atoms with Crippen LogP contribution in [0, 0.1) is 6.92 Å². The van der Waals surface area contributed by atoms with E-state index in [2.05, 4.69) is 9.71 Å². The second kappa shape index (κ2) is 7.95. The second-order valence-electron chi connectivity index (χ2n) is 6.20. The number of ether oxygens (including phenoxy) is 1. The van der Waals surface area contributed by atoms with Gasteiger partial charge < -0.3 is 9.72 Å². The van der Waals surface area contributed by atoms with E-state index in [0.717, 1.165) is 10.9 Å². The number of ketones is 1. The minimum Gasteiger partial charge on any atom is -0.454 e. The number of hydrogen-bond acceptors (Lipinski definition) is 5. The van der Waals surface area contributed by atoms with E-state index in [0.29, 0.717) is 11.3 Å². The van der Waals surface area contributed by atoms with E-state index in [-0.39, 0.29) is 22.8 Å². The van der Waals surface area contributed by atoms with E-state index in [1.807, 2.05) is 24.3 Å². The van der Waals surface area contributed by atoms with Crippen LogP contribution in [-0.2, 0) is 14.8 Å². The van der Waals surface area contributed by atoms with Crippen molar-refractivity contribution in [2.24, 2.45) is 0 Å². The van der Waals surface area contributed by atoms with Gasteiger partial charge >= 0.3 is 5.97 Å². The molecule has 0 unspecified atom stereocenters. The summed E-state index contributed by atoms with van der Waals surface area (Å²) in [6.07, 6.45) is 0. The Bertz CT molecular complexity index is 1130. The number of rotatable bonds is 7. The summed E-state index contributed by atoms with van der Waals surface area (Å²) in [7, 11) is -3.59. The normalized spacial score (nSPS) is 11.5. The Labute approximate surface area is 162 Å². The Morgan fingerprint density at radius 2 is 1.75 bits per heavy atom. The Morgan fingerprint density at radius 1 is 1.07 bits per heavy atom. The molecule has 1 heterocycles. The van der Waals surface area contributed by atoms with Gasteiger partial charge in [-0.05, 0) is 37.3 Å². The molecule has 0 amide bonds. The van der Waals surface area contributed by atoms with Crippen LogP contribution in [0.1, 0.15) is 33.3 Å². The van der Waals surface area contributed by atoms with Crippen molar-refractivity contribution in [3.05, 3.63) is 65.4 Å². The number of carbonyl (C=O) groups is 2. The van der Waals surface area contributed by atoms with Crippen molar-refractivity contribution >= 4 is 32.7 Å². The number of benzene rings is 2. The fraction of sp³-hybridized carbons (Fsp3) is 0.200. The maximum absolute atomic E-state index is 12.5. The number of H-pyrrole nitrogens is 1. The molecule has 8 heteroatoms. The zero-order valence-corrected chi connectivity index (χ0v) is 16.3. The molecule has 3 rings (SSSR count). The minimum atomic E-state index is -3.59. The first-order chi connectivity index (χ1) is 13.3. The lowest BCUT2D eigenvalue weighted by molar-refractivity contribution is 0.0475. The molecule has 0 fully saturated rings. The van der Waals surface area contributed by atoms with Crippen LogP contribution >= 0.6 is 0 Å². The van der Waals surface area contributed by atoms with E-state index in [1.54, 1.807) is 13.8 Å². The lowest BCUT2D eigenvalue weighted by Gasteiger charge is -2.07. The van der Waals surface area contributed by atoms with E-state index < -0.39 is 22.6 Å². The van der Waals surface area contributed by atoms with E-state index in [4.69, 9.17) is 4.74 Å². The molecule has 0 aliphatic carbocycles. The minimum absolute atomic E-state index is 0.0522. The number of aromatic nitrogens is 1. The summed E-state index contributed by atoms with van der Waals surface area (Å²) in [4.78, 5) is 27.9. The predicted octanol–water partition coefficient (Wildman–Crippen LogP) is 2.81. The zero-order chi connectivity index (χ0) is 20.3. The van der Waals surface area contributed by atoms with Crippen LogP contribution in [0.2, 0.25) is 0 Å². The van der Waals surface area contributed by atoms with Gasteiger partial charge in [-0.3, -0.25) is 4.79 Å². The molecule has 0 saturated carbocycles. The topological polar surface area (TPSA) is 105 Å². The fourth-order valence-corrected chi connectivity index (χ4v) is 4.01. The molecule has 1 aromatic heterocycles. The molecule has 7 nitrogen and oxygen atoms in total. The van der Waals surface area contributed by atoms with E-state index in [9.17, 15) is 18.0 Å². The number of aromatic amines is 1. The highest BCUT2D eigenvalue weighted by molar-refractivity contribution is 7.89. The highest BCUT2D eigenvalue weighted by Gasteiger charge is 2.19. The number of sulfonamides is 1. The molecule has 146 valence electrons. The smallest absolute Gasteiger partial charge is 0.338 e. The molecule has 0 saturated heterocycles. The average Bonchev–Trinajstić information content (AvgIpc) is 3.01. The Kier molecular flexibility index (Phi) is 5.62. The van der Waals surface area contributed by atoms with Gasteiger partial charge in [-0.25, -0.2) is 17.9 Å².